The third-order valence-corrected chi connectivity index (χ3v) is 6.12. The van der Waals surface area contributed by atoms with Crippen LogP contribution >= 0.6 is 0 Å². The van der Waals surface area contributed by atoms with Crippen LogP contribution < -0.4 is 15.4 Å². The number of carbonyl (C=O) groups is 1. The van der Waals surface area contributed by atoms with E-state index in [9.17, 15) is 4.79 Å². The monoisotopic (exact) mass is 415 g/mol. The number of rotatable bonds is 4. The van der Waals surface area contributed by atoms with Gasteiger partial charge in [0.25, 0.3) is 0 Å². The van der Waals surface area contributed by atoms with Gasteiger partial charge in [-0.1, -0.05) is 6.92 Å². The number of hydrogen-bond acceptors (Lipinski definition) is 6. The summed E-state index contributed by atoms with van der Waals surface area (Å²) in [6.45, 7) is 3.60. The highest BCUT2D eigenvalue weighted by Gasteiger charge is 2.41. The number of nitrogens with one attached hydrogen (secondary N) is 3. The fraction of sp³-hybridized carbons (Fsp3) is 0.273. The normalized spacial score (nSPS) is 16.3. The Kier molecular flexibility index (Phi) is 3.87. The summed E-state index contributed by atoms with van der Waals surface area (Å²) in [7, 11) is 0. The first kappa shape index (κ1) is 18.1. The molecule has 0 spiro atoms. The number of carbonyl (C=O) groups excluding carboxylic acids is 1. The fourth-order valence-corrected chi connectivity index (χ4v) is 3.94. The van der Waals surface area contributed by atoms with Crippen LogP contribution in [0.5, 0.6) is 11.6 Å². The Hall–Kier alpha value is -3.72. The summed E-state index contributed by atoms with van der Waals surface area (Å²) in [5.74, 6) is 1.82. The Morgan fingerprint density at radius 2 is 2.10 bits per heavy atom. The summed E-state index contributed by atoms with van der Waals surface area (Å²) in [6, 6.07) is 9.16. The SMILES string of the molecule is CC1(c2cc(NC(=O)n3ccc4cc(Oc5ncnc6c5CNC6)ccc43)[nH]n2)CC1. The zero-order valence-corrected chi connectivity index (χ0v) is 17.0. The van der Waals surface area contributed by atoms with Gasteiger partial charge in [-0.2, -0.15) is 5.10 Å². The second kappa shape index (κ2) is 6.64. The lowest BCUT2D eigenvalue weighted by molar-refractivity contribution is 0.254. The molecule has 1 aliphatic carbocycles. The standard InChI is InChI=1S/C22H21N7O2/c1-22(5-6-22)18-9-19(28-27-18)26-21(30)29-7-4-13-8-14(2-3-17(13)29)31-20-15-10-23-11-16(15)24-12-25-20/h2-4,7-9,12,23H,5-6,10-11H2,1H3,(H2,26,27,28,30). The van der Waals surface area contributed by atoms with Crippen molar-refractivity contribution in [2.75, 3.05) is 5.32 Å². The van der Waals surface area contributed by atoms with Crippen LogP contribution in [0.25, 0.3) is 10.9 Å². The summed E-state index contributed by atoms with van der Waals surface area (Å²) in [5, 5.41) is 14.3. The zero-order chi connectivity index (χ0) is 21.0. The number of aromatic nitrogens is 5. The predicted molar refractivity (Wildman–Crippen MR) is 114 cm³/mol. The molecule has 4 aromatic rings. The smallest absolute Gasteiger partial charge is 0.331 e. The van der Waals surface area contributed by atoms with Crippen molar-refractivity contribution in [2.45, 2.75) is 38.3 Å². The third-order valence-electron chi connectivity index (χ3n) is 6.12. The van der Waals surface area contributed by atoms with Gasteiger partial charge in [0.05, 0.1) is 22.5 Å². The molecule has 0 bridgehead atoms. The van der Waals surface area contributed by atoms with Crippen LogP contribution in [0.1, 0.15) is 36.7 Å². The number of anilines is 1. The van der Waals surface area contributed by atoms with E-state index in [2.05, 4.69) is 37.7 Å². The van der Waals surface area contributed by atoms with Crippen molar-refractivity contribution in [1.82, 2.24) is 30.0 Å². The first-order valence-electron chi connectivity index (χ1n) is 10.3. The van der Waals surface area contributed by atoms with Crippen molar-refractivity contribution in [2.24, 2.45) is 0 Å². The third kappa shape index (κ3) is 3.14. The van der Waals surface area contributed by atoms with Crippen LogP contribution in [0.4, 0.5) is 10.6 Å². The van der Waals surface area contributed by atoms with E-state index in [1.807, 2.05) is 30.3 Å². The Labute approximate surface area is 177 Å². The lowest BCUT2D eigenvalue weighted by Crippen LogP contribution is -2.18. The van der Waals surface area contributed by atoms with Crippen molar-refractivity contribution in [3.05, 3.63) is 59.8 Å². The van der Waals surface area contributed by atoms with Crippen LogP contribution in [0.2, 0.25) is 0 Å². The lowest BCUT2D eigenvalue weighted by atomic mass is 10.1. The average Bonchev–Trinajstić information content (AvgIpc) is 3.18. The Bertz CT molecular complexity index is 1320. The molecule has 1 aromatic carbocycles. The summed E-state index contributed by atoms with van der Waals surface area (Å²) in [5.41, 5.74) is 3.88. The summed E-state index contributed by atoms with van der Waals surface area (Å²) in [4.78, 5) is 21.4. The number of nitrogens with zero attached hydrogens (tertiary/aromatic N) is 4. The van der Waals surface area contributed by atoms with Crippen LogP contribution in [-0.2, 0) is 18.5 Å². The molecule has 3 aromatic heterocycles. The second-order valence-electron chi connectivity index (χ2n) is 8.37. The topological polar surface area (TPSA) is 110 Å². The molecule has 0 saturated heterocycles. The molecule has 0 atom stereocenters. The van der Waals surface area contributed by atoms with Gasteiger partial charge in [-0.3, -0.25) is 15.0 Å². The number of ether oxygens (including phenoxy) is 1. The highest BCUT2D eigenvalue weighted by molar-refractivity contribution is 5.98. The van der Waals surface area contributed by atoms with Gasteiger partial charge in [-0.05, 0) is 37.1 Å². The molecule has 2 aliphatic rings. The Morgan fingerprint density at radius 1 is 1.19 bits per heavy atom. The van der Waals surface area contributed by atoms with Crippen LogP contribution in [-0.4, -0.2) is 30.8 Å². The van der Waals surface area contributed by atoms with Crippen molar-refractivity contribution in [3.63, 3.8) is 0 Å². The van der Waals surface area contributed by atoms with Crippen molar-refractivity contribution < 1.29 is 9.53 Å². The molecule has 9 nitrogen and oxygen atoms in total. The van der Waals surface area contributed by atoms with E-state index >= 15 is 0 Å². The highest BCUT2D eigenvalue weighted by Crippen LogP contribution is 2.47. The maximum Gasteiger partial charge on any atom is 0.331 e. The minimum Gasteiger partial charge on any atom is -0.439 e. The highest BCUT2D eigenvalue weighted by atomic mass is 16.5. The molecule has 0 unspecified atom stereocenters. The largest absolute Gasteiger partial charge is 0.439 e. The van der Waals surface area contributed by atoms with Gasteiger partial charge in [-0.25, -0.2) is 14.8 Å². The number of fused-ring (bicyclic) bond motifs is 2. The molecule has 1 aliphatic heterocycles. The molecule has 3 N–H and O–H groups in total. The van der Waals surface area contributed by atoms with Crippen LogP contribution in [0.15, 0.2) is 42.9 Å². The van der Waals surface area contributed by atoms with Gasteiger partial charge in [0, 0.05) is 36.2 Å². The fourth-order valence-electron chi connectivity index (χ4n) is 3.94. The zero-order valence-electron chi connectivity index (χ0n) is 17.0. The lowest BCUT2D eigenvalue weighted by Gasteiger charge is -2.09. The van der Waals surface area contributed by atoms with Gasteiger partial charge in [0.1, 0.15) is 17.9 Å². The quantitative estimate of drug-likeness (QED) is 0.469. The Morgan fingerprint density at radius 3 is 2.97 bits per heavy atom. The van der Waals surface area contributed by atoms with Crippen LogP contribution in [0, 0.1) is 0 Å². The molecule has 1 fully saturated rings. The molecule has 1 saturated carbocycles. The molecule has 6 rings (SSSR count). The maximum atomic E-state index is 12.8. The van der Waals surface area contributed by atoms with E-state index < -0.39 is 0 Å². The van der Waals surface area contributed by atoms with E-state index in [1.54, 1.807) is 10.8 Å². The van der Waals surface area contributed by atoms with Crippen molar-refractivity contribution in [3.8, 4) is 11.6 Å². The number of aromatic amines is 1. The first-order valence-corrected chi connectivity index (χ1v) is 10.3. The van der Waals surface area contributed by atoms with E-state index in [0.717, 1.165) is 47.2 Å². The molecular formula is C22H21N7O2. The average molecular weight is 415 g/mol. The van der Waals surface area contributed by atoms with E-state index in [-0.39, 0.29) is 11.4 Å². The maximum absolute atomic E-state index is 12.8. The summed E-state index contributed by atoms with van der Waals surface area (Å²) < 4.78 is 7.60. The summed E-state index contributed by atoms with van der Waals surface area (Å²) >= 11 is 0. The van der Waals surface area contributed by atoms with Gasteiger partial charge in [-0.15, -0.1) is 0 Å². The van der Waals surface area contributed by atoms with E-state index in [4.69, 9.17) is 4.74 Å². The number of H-pyrrole nitrogens is 1. The van der Waals surface area contributed by atoms with Gasteiger partial charge in [0.15, 0.2) is 0 Å². The number of hydrogen-bond donors (Lipinski definition) is 3. The first-order chi connectivity index (χ1) is 15.1. The minimum absolute atomic E-state index is 0.149. The minimum atomic E-state index is -0.250. The second-order valence-corrected chi connectivity index (χ2v) is 8.37. The van der Waals surface area contributed by atoms with Crippen molar-refractivity contribution >= 4 is 22.8 Å². The molecule has 156 valence electrons. The van der Waals surface area contributed by atoms with Gasteiger partial charge >= 0.3 is 6.03 Å². The predicted octanol–water partition coefficient (Wildman–Crippen LogP) is 3.68. The molecular weight excluding hydrogens is 394 g/mol. The molecule has 0 radical (unpaired) electrons. The van der Waals surface area contributed by atoms with Crippen molar-refractivity contribution in [1.29, 1.82) is 0 Å². The van der Waals surface area contributed by atoms with E-state index in [0.29, 0.717) is 24.0 Å². The number of benzene rings is 1. The van der Waals surface area contributed by atoms with E-state index in [1.165, 1.54) is 6.33 Å². The Balaban J connectivity index is 1.23. The molecule has 31 heavy (non-hydrogen) atoms. The van der Waals surface area contributed by atoms with Crippen LogP contribution in [0.3, 0.4) is 0 Å². The summed E-state index contributed by atoms with van der Waals surface area (Å²) in [6.07, 6.45) is 5.53. The molecule has 1 amide bonds. The molecule has 9 heteroatoms. The van der Waals surface area contributed by atoms with Gasteiger partial charge < -0.3 is 10.1 Å². The van der Waals surface area contributed by atoms with Gasteiger partial charge in [0.2, 0.25) is 5.88 Å². The molecule has 4 heterocycles. The number of amides is 1.